The van der Waals surface area contributed by atoms with Crippen LogP contribution in [0.1, 0.15) is 29.8 Å². The zero-order valence-electron chi connectivity index (χ0n) is 15.9. The molecule has 0 unspecified atom stereocenters. The Morgan fingerprint density at radius 1 is 1.03 bits per heavy atom. The maximum Gasteiger partial charge on any atom is 0.366 e. The Labute approximate surface area is 179 Å². The largest absolute Gasteiger partial charge is 1.00 e. The van der Waals surface area contributed by atoms with Crippen LogP contribution in [0.3, 0.4) is 0 Å². The molecule has 1 atom stereocenters. The molecule has 0 aliphatic rings. The number of quaternary nitrogens is 1. The van der Waals surface area contributed by atoms with Crippen LogP contribution in [0.5, 0.6) is 5.75 Å². The fraction of sp³-hybridized carbons (Fsp3) is 0.250. The molecule has 2 rings (SSSR count). The second-order valence-electron chi connectivity index (χ2n) is 6.61. The summed E-state index contributed by atoms with van der Waals surface area (Å²) < 4.78 is 10.6. The van der Waals surface area contributed by atoms with Crippen LogP contribution >= 0.6 is 11.6 Å². The molecule has 4 N–H and O–H groups in total. The summed E-state index contributed by atoms with van der Waals surface area (Å²) >= 11 is 5.83. The summed E-state index contributed by atoms with van der Waals surface area (Å²) in [5.41, 5.74) is 2.99. The van der Waals surface area contributed by atoms with Crippen molar-refractivity contribution < 1.29 is 47.1 Å². The molecule has 156 valence electrons. The van der Waals surface area contributed by atoms with E-state index in [-0.39, 0.29) is 24.8 Å². The lowest BCUT2D eigenvalue weighted by atomic mass is 10.0. The average Bonchev–Trinajstić information content (AvgIpc) is 2.66. The van der Waals surface area contributed by atoms with Gasteiger partial charge in [-0.2, -0.15) is 0 Å². The van der Waals surface area contributed by atoms with Gasteiger partial charge in [0, 0.05) is 16.1 Å². The number of carbonyl (C=O) groups excluding carboxylic acids is 2. The Balaban J connectivity index is 0.00000420. The molecule has 0 amide bonds. The number of ketones is 1. The van der Waals surface area contributed by atoms with Gasteiger partial charge in [0.05, 0.1) is 0 Å². The number of carboxylic acid groups (broad SMARTS) is 1. The van der Waals surface area contributed by atoms with Gasteiger partial charge in [-0.25, -0.2) is 9.59 Å². The average molecular weight is 442 g/mol. The van der Waals surface area contributed by atoms with Crippen molar-refractivity contribution in [1.29, 1.82) is 0 Å². The van der Waals surface area contributed by atoms with Crippen LogP contribution in [0.25, 0.3) is 0 Å². The molecule has 0 aliphatic carbocycles. The van der Waals surface area contributed by atoms with Crippen molar-refractivity contribution in [3.63, 3.8) is 0 Å². The van der Waals surface area contributed by atoms with Gasteiger partial charge in [0.25, 0.3) is 0 Å². The molecule has 0 fully saturated rings. The molecule has 29 heavy (non-hydrogen) atoms. The quantitative estimate of drug-likeness (QED) is 0.399. The van der Waals surface area contributed by atoms with Gasteiger partial charge in [-0.15, -0.1) is 0 Å². The van der Waals surface area contributed by atoms with Crippen molar-refractivity contribution in [2.45, 2.75) is 25.5 Å². The van der Waals surface area contributed by atoms with Crippen LogP contribution in [0.15, 0.2) is 48.5 Å². The molecular weight excluding hydrogens is 421 g/mol. The molecule has 2 aromatic rings. The van der Waals surface area contributed by atoms with Gasteiger partial charge in [0.1, 0.15) is 5.75 Å². The lowest BCUT2D eigenvalue weighted by Crippen LogP contribution is -3.00. The van der Waals surface area contributed by atoms with Crippen molar-refractivity contribution in [3.8, 4) is 5.75 Å². The van der Waals surface area contributed by atoms with Gasteiger partial charge in [-0.1, -0.05) is 11.6 Å². The van der Waals surface area contributed by atoms with Gasteiger partial charge in [0.2, 0.25) is 6.04 Å². The number of halogens is 2. The summed E-state index contributed by atoms with van der Waals surface area (Å²) in [4.78, 5) is 35.3. The lowest BCUT2D eigenvalue weighted by Gasteiger charge is -2.24. The number of rotatable bonds is 8. The number of esters is 1. The Bertz CT molecular complexity index is 866. The summed E-state index contributed by atoms with van der Waals surface area (Å²) in [6.45, 7) is 2.65. The molecule has 0 bridgehead atoms. The van der Waals surface area contributed by atoms with Crippen LogP contribution in [0, 0.1) is 0 Å². The van der Waals surface area contributed by atoms with Gasteiger partial charge < -0.3 is 32.7 Å². The molecule has 7 nitrogen and oxygen atoms in total. The molecular formula is C20H21Cl2NO6. The van der Waals surface area contributed by atoms with E-state index in [9.17, 15) is 14.4 Å². The van der Waals surface area contributed by atoms with Crippen LogP contribution < -0.4 is 22.9 Å². The number of carbonyl (C=O) groups is 3. The van der Waals surface area contributed by atoms with E-state index in [0.29, 0.717) is 21.9 Å². The van der Waals surface area contributed by atoms with E-state index in [4.69, 9.17) is 26.2 Å². The van der Waals surface area contributed by atoms with Gasteiger partial charge in [-0.05, 0) is 62.4 Å². The van der Waals surface area contributed by atoms with Crippen molar-refractivity contribution in [2.24, 2.45) is 0 Å². The molecule has 9 heteroatoms. The van der Waals surface area contributed by atoms with E-state index < -0.39 is 23.6 Å². The second-order valence-corrected chi connectivity index (χ2v) is 7.04. The predicted molar refractivity (Wildman–Crippen MR) is 101 cm³/mol. The molecule has 2 aromatic carbocycles. The second kappa shape index (κ2) is 10.2. The van der Waals surface area contributed by atoms with E-state index in [1.54, 1.807) is 48.5 Å². The highest BCUT2D eigenvalue weighted by molar-refractivity contribution is 6.30. The van der Waals surface area contributed by atoms with Crippen molar-refractivity contribution in [3.05, 3.63) is 64.7 Å². The molecule has 0 saturated carbocycles. The van der Waals surface area contributed by atoms with Gasteiger partial charge in [0.15, 0.2) is 18.0 Å². The third-order valence-corrected chi connectivity index (χ3v) is 4.10. The minimum absolute atomic E-state index is 0. The predicted octanol–water partition coefficient (Wildman–Crippen LogP) is -1.03. The van der Waals surface area contributed by atoms with Crippen LogP contribution in [0.2, 0.25) is 5.02 Å². The zero-order chi connectivity index (χ0) is 20.9. The highest BCUT2D eigenvalue weighted by Crippen LogP contribution is 2.22. The standard InChI is InChI=1S/C20H20ClNO6.ClH/c1-20(2,19(26)27-11-16(22)18(24)25)28-15-9-5-13(6-10-15)17(23)12-3-7-14(21)8-4-12;/h3-10,16H,11,22H2,1-2H3,(H,24,25);1H/t16-;/m0./s1. The first-order chi connectivity index (χ1) is 13.1. The first kappa shape index (κ1) is 24.4. The minimum Gasteiger partial charge on any atom is -1.00 e. The molecule has 0 spiro atoms. The van der Waals surface area contributed by atoms with Gasteiger partial charge >= 0.3 is 11.9 Å². The van der Waals surface area contributed by atoms with E-state index in [1.165, 1.54) is 13.8 Å². The monoisotopic (exact) mass is 441 g/mol. The van der Waals surface area contributed by atoms with Crippen molar-refractivity contribution >= 4 is 29.3 Å². The fourth-order valence-corrected chi connectivity index (χ4v) is 2.33. The fourth-order valence-electron chi connectivity index (χ4n) is 2.20. The number of carboxylic acids is 1. The maximum atomic E-state index is 12.5. The topological polar surface area (TPSA) is 118 Å². The third kappa shape index (κ3) is 6.74. The summed E-state index contributed by atoms with van der Waals surface area (Å²) in [5, 5.41) is 9.32. The molecule has 0 radical (unpaired) electrons. The lowest BCUT2D eigenvalue weighted by molar-refractivity contribution is -0.413. The molecule has 0 aromatic heterocycles. The number of hydrogen-bond acceptors (Lipinski definition) is 5. The van der Waals surface area contributed by atoms with Crippen molar-refractivity contribution in [2.75, 3.05) is 6.61 Å². The van der Waals surface area contributed by atoms with Crippen LogP contribution in [0.4, 0.5) is 0 Å². The molecule has 0 heterocycles. The Kier molecular flexibility index (Phi) is 8.63. The third-order valence-electron chi connectivity index (χ3n) is 3.85. The first-order valence-electron chi connectivity index (χ1n) is 8.42. The molecule has 0 saturated heterocycles. The first-order valence-corrected chi connectivity index (χ1v) is 8.80. The van der Waals surface area contributed by atoms with E-state index >= 15 is 0 Å². The summed E-state index contributed by atoms with van der Waals surface area (Å²) in [6, 6.07) is 11.8. The highest BCUT2D eigenvalue weighted by Gasteiger charge is 2.33. The van der Waals surface area contributed by atoms with E-state index in [0.717, 1.165) is 0 Å². The van der Waals surface area contributed by atoms with Gasteiger partial charge in [-0.3, -0.25) is 4.79 Å². The maximum absolute atomic E-state index is 12.5. The zero-order valence-corrected chi connectivity index (χ0v) is 17.4. The molecule has 0 aliphatic heterocycles. The number of ether oxygens (including phenoxy) is 2. The number of hydrogen-bond donors (Lipinski definition) is 2. The highest BCUT2D eigenvalue weighted by atomic mass is 35.5. The van der Waals surface area contributed by atoms with E-state index in [1.807, 2.05) is 0 Å². The summed E-state index contributed by atoms with van der Waals surface area (Å²) in [5.74, 6) is -1.69. The van der Waals surface area contributed by atoms with Crippen molar-refractivity contribution in [1.82, 2.24) is 0 Å². The van der Waals surface area contributed by atoms with Crippen LogP contribution in [-0.4, -0.2) is 41.1 Å². The Morgan fingerprint density at radius 3 is 2.00 bits per heavy atom. The summed E-state index contributed by atoms with van der Waals surface area (Å²) in [6.07, 6.45) is 0. The Morgan fingerprint density at radius 2 is 1.52 bits per heavy atom. The SMILES string of the molecule is CC(C)(Oc1ccc(C(=O)c2ccc(Cl)cc2)cc1)C(=O)OC[C@H]([NH3+])C(=O)O.[Cl-]. The normalized spacial score (nSPS) is 11.7. The van der Waals surface area contributed by atoms with E-state index in [2.05, 4.69) is 5.73 Å². The smallest absolute Gasteiger partial charge is 0.366 e. The number of aliphatic carboxylic acids is 1. The minimum atomic E-state index is -1.35. The number of benzene rings is 2. The summed E-state index contributed by atoms with van der Waals surface area (Å²) in [7, 11) is 0. The van der Waals surface area contributed by atoms with Crippen LogP contribution in [-0.2, 0) is 14.3 Å². The Hall–Kier alpha value is -2.61.